The van der Waals surface area contributed by atoms with Gasteiger partial charge in [-0.1, -0.05) is 20.8 Å². The molecule has 0 saturated carbocycles. The molecule has 0 atom stereocenters. The summed E-state index contributed by atoms with van der Waals surface area (Å²) in [6, 6.07) is 0. The molecule has 1 saturated heterocycles. The molecule has 1 aromatic heterocycles. The molecule has 108 valence electrons. The second kappa shape index (κ2) is 6.53. The Hall–Kier alpha value is -0.870. The van der Waals surface area contributed by atoms with Crippen LogP contribution in [-0.4, -0.2) is 35.4 Å². The average Bonchev–Trinajstić information content (AvgIpc) is 2.76. The van der Waals surface area contributed by atoms with Crippen LogP contribution >= 0.6 is 0 Å². The van der Waals surface area contributed by atoms with Crippen LogP contribution in [0.3, 0.4) is 0 Å². The zero-order chi connectivity index (χ0) is 13.7. The molecule has 1 aliphatic heterocycles. The highest BCUT2D eigenvalue weighted by molar-refractivity contribution is 5.01. The fourth-order valence-corrected chi connectivity index (χ4v) is 2.52. The van der Waals surface area contributed by atoms with Crippen molar-refractivity contribution in [3.8, 4) is 0 Å². The molecule has 2 rings (SSSR count). The highest BCUT2D eigenvalue weighted by Crippen LogP contribution is 2.20. The van der Waals surface area contributed by atoms with Crippen LogP contribution in [0.2, 0.25) is 0 Å². The number of nitrogens with one attached hydrogen (secondary N) is 1. The zero-order valence-corrected chi connectivity index (χ0v) is 12.5. The normalized spacial score (nSPS) is 17.8. The van der Waals surface area contributed by atoms with Crippen LogP contribution in [0.4, 0.5) is 0 Å². The summed E-state index contributed by atoms with van der Waals surface area (Å²) < 4.78 is 8.18. The Morgan fingerprint density at radius 3 is 2.79 bits per heavy atom. The van der Waals surface area contributed by atoms with Crippen LogP contribution in [0.25, 0.3) is 0 Å². The van der Waals surface area contributed by atoms with Crippen molar-refractivity contribution in [2.45, 2.75) is 52.7 Å². The maximum Gasteiger partial charge on any atom is 0.0948 e. The molecule has 0 amide bonds. The molecule has 0 spiro atoms. The second-order valence-electron chi connectivity index (χ2n) is 6.64. The first-order valence-corrected chi connectivity index (χ1v) is 7.36. The number of hydrogen-bond donors (Lipinski definition) is 1. The minimum Gasteiger partial charge on any atom is -0.376 e. The van der Waals surface area contributed by atoms with E-state index in [1.165, 1.54) is 5.69 Å². The van der Waals surface area contributed by atoms with E-state index in [2.05, 4.69) is 35.6 Å². The van der Waals surface area contributed by atoms with Gasteiger partial charge in [-0.3, -0.25) is 0 Å². The highest BCUT2D eigenvalue weighted by atomic mass is 16.5. The molecule has 0 unspecified atom stereocenters. The van der Waals surface area contributed by atoms with Gasteiger partial charge in [0.15, 0.2) is 0 Å². The Morgan fingerprint density at radius 1 is 1.37 bits per heavy atom. The molecule has 4 heteroatoms. The van der Waals surface area contributed by atoms with Crippen molar-refractivity contribution in [2.24, 2.45) is 5.41 Å². The van der Waals surface area contributed by atoms with E-state index < -0.39 is 0 Å². The molecule has 1 aliphatic rings. The summed E-state index contributed by atoms with van der Waals surface area (Å²) in [6.45, 7) is 10.7. The molecular weight excluding hydrogens is 238 g/mol. The van der Waals surface area contributed by atoms with Gasteiger partial charge in [0.05, 0.1) is 19.0 Å². The molecule has 1 aromatic rings. The summed E-state index contributed by atoms with van der Waals surface area (Å²) in [5.74, 6) is 0. The topological polar surface area (TPSA) is 39.1 Å². The first kappa shape index (κ1) is 14.5. The molecule has 0 bridgehead atoms. The van der Waals surface area contributed by atoms with Crippen molar-refractivity contribution >= 4 is 0 Å². The third kappa shape index (κ3) is 4.96. The number of rotatable bonds is 5. The lowest BCUT2D eigenvalue weighted by atomic mass is 9.91. The SMILES string of the molecule is CC(C)(C)Cc1cncn1CCOC1CCNCC1. The van der Waals surface area contributed by atoms with Gasteiger partial charge in [0.25, 0.3) is 0 Å². The van der Waals surface area contributed by atoms with E-state index in [-0.39, 0.29) is 0 Å². The van der Waals surface area contributed by atoms with E-state index in [0.29, 0.717) is 11.5 Å². The number of hydrogen-bond acceptors (Lipinski definition) is 3. The fourth-order valence-electron chi connectivity index (χ4n) is 2.52. The van der Waals surface area contributed by atoms with Crippen LogP contribution < -0.4 is 5.32 Å². The highest BCUT2D eigenvalue weighted by Gasteiger charge is 2.15. The molecule has 0 aromatic carbocycles. The van der Waals surface area contributed by atoms with Gasteiger partial charge in [-0.05, 0) is 37.8 Å². The Labute approximate surface area is 116 Å². The molecule has 19 heavy (non-hydrogen) atoms. The largest absolute Gasteiger partial charge is 0.376 e. The summed E-state index contributed by atoms with van der Waals surface area (Å²) in [4.78, 5) is 4.27. The standard InChI is InChI=1S/C15H27N3O/c1-15(2,3)10-13-11-17-12-18(13)8-9-19-14-4-6-16-7-5-14/h11-12,14,16H,4-10H2,1-3H3. The van der Waals surface area contributed by atoms with E-state index in [1.807, 2.05) is 12.5 Å². The summed E-state index contributed by atoms with van der Waals surface area (Å²) in [6.07, 6.45) is 7.68. The van der Waals surface area contributed by atoms with Gasteiger partial charge in [0, 0.05) is 18.4 Å². The maximum atomic E-state index is 5.95. The van der Waals surface area contributed by atoms with Gasteiger partial charge < -0.3 is 14.6 Å². The van der Waals surface area contributed by atoms with Crippen molar-refractivity contribution in [1.82, 2.24) is 14.9 Å². The van der Waals surface area contributed by atoms with Gasteiger partial charge >= 0.3 is 0 Å². The predicted octanol–water partition coefficient (Wildman–Crippen LogP) is 2.24. The van der Waals surface area contributed by atoms with Gasteiger partial charge in [0.1, 0.15) is 0 Å². The Balaban J connectivity index is 1.77. The first-order chi connectivity index (χ1) is 9.04. The monoisotopic (exact) mass is 265 g/mol. The molecule has 2 heterocycles. The van der Waals surface area contributed by atoms with Gasteiger partial charge in [-0.25, -0.2) is 4.98 Å². The third-order valence-corrected chi connectivity index (χ3v) is 3.48. The summed E-state index contributed by atoms with van der Waals surface area (Å²) in [5, 5.41) is 3.36. The summed E-state index contributed by atoms with van der Waals surface area (Å²) in [5.41, 5.74) is 1.61. The van der Waals surface area contributed by atoms with E-state index >= 15 is 0 Å². The molecule has 0 radical (unpaired) electrons. The van der Waals surface area contributed by atoms with E-state index in [1.54, 1.807) is 0 Å². The Kier molecular flexibility index (Phi) is 4.99. The quantitative estimate of drug-likeness (QED) is 0.887. The Bertz CT molecular complexity index is 375. The lowest BCUT2D eigenvalue weighted by molar-refractivity contribution is 0.0281. The number of imidazole rings is 1. The van der Waals surface area contributed by atoms with Gasteiger partial charge in [0.2, 0.25) is 0 Å². The summed E-state index contributed by atoms with van der Waals surface area (Å²) in [7, 11) is 0. The molecule has 4 nitrogen and oxygen atoms in total. The van der Waals surface area contributed by atoms with Crippen LogP contribution in [0.5, 0.6) is 0 Å². The van der Waals surface area contributed by atoms with Crippen LogP contribution in [-0.2, 0) is 17.7 Å². The number of ether oxygens (including phenoxy) is 1. The minimum atomic E-state index is 0.299. The third-order valence-electron chi connectivity index (χ3n) is 3.48. The van der Waals surface area contributed by atoms with Crippen molar-refractivity contribution < 1.29 is 4.74 Å². The lowest BCUT2D eigenvalue weighted by Crippen LogP contribution is -2.33. The van der Waals surface area contributed by atoms with Crippen molar-refractivity contribution in [1.29, 1.82) is 0 Å². The van der Waals surface area contributed by atoms with Crippen LogP contribution in [0.15, 0.2) is 12.5 Å². The van der Waals surface area contributed by atoms with Gasteiger partial charge in [-0.15, -0.1) is 0 Å². The second-order valence-corrected chi connectivity index (χ2v) is 6.64. The summed E-state index contributed by atoms with van der Waals surface area (Å²) >= 11 is 0. The van der Waals surface area contributed by atoms with E-state index in [4.69, 9.17) is 4.74 Å². The molecule has 1 N–H and O–H groups in total. The van der Waals surface area contributed by atoms with Crippen molar-refractivity contribution in [3.05, 3.63) is 18.2 Å². The maximum absolute atomic E-state index is 5.95. The van der Waals surface area contributed by atoms with Crippen molar-refractivity contribution in [3.63, 3.8) is 0 Å². The molecular formula is C15H27N3O. The fraction of sp³-hybridized carbons (Fsp3) is 0.800. The zero-order valence-electron chi connectivity index (χ0n) is 12.5. The number of aromatic nitrogens is 2. The van der Waals surface area contributed by atoms with E-state index in [9.17, 15) is 0 Å². The average molecular weight is 265 g/mol. The minimum absolute atomic E-state index is 0.299. The van der Waals surface area contributed by atoms with Crippen molar-refractivity contribution in [2.75, 3.05) is 19.7 Å². The first-order valence-electron chi connectivity index (χ1n) is 7.36. The molecule has 1 fully saturated rings. The number of piperidine rings is 1. The Morgan fingerprint density at radius 2 is 2.11 bits per heavy atom. The van der Waals surface area contributed by atoms with Crippen LogP contribution in [0, 0.1) is 5.41 Å². The predicted molar refractivity (Wildman–Crippen MR) is 77.2 cm³/mol. The lowest BCUT2D eigenvalue weighted by Gasteiger charge is -2.23. The number of nitrogens with zero attached hydrogens (tertiary/aromatic N) is 2. The molecule has 0 aliphatic carbocycles. The van der Waals surface area contributed by atoms with Gasteiger partial charge in [-0.2, -0.15) is 0 Å². The smallest absolute Gasteiger partial charge is 0.0948 e. The van der Waals surface area contributed by atoms with Crippen LogP contribution in [0.1, 0.15) is 39.3 Å². The van der Waals surface area contributed by atoms with E-state index in [0.717, 1.165) is 45.5 Å².